The van der Waals surface area contributed by atoms with Crippen molar-refractivity contribution in [2.24, 2.45) is 0 Å². The van der Waals surface area contributed by atoms with Crippen molar-refractivity contribution in [3.8, 4) is 0 Å². The summed E-state index contributed by atoms with van der Waals surface area (Å²) in [6, 6.07) is 7.81. The van der Waals surface area contributed by atoms with Gasteiger partial charge in [0.05, 0.1) is 5.52 Å². The van der Waals surface area contributed by atoms with Gasteiger partial charge in [0.2, 0.25) is 0 Å². The molecule has 1 aromatic heterocycles. The lowest BCUT2D eigenvalue weighted by atomic mass is 10.2. The van der Waals surface area contributed by atoms with Crippen molar-refractivity contribution in [2.75, 3.05) is 31.5 Å². The molecule has 3 nitrogen and oxygen atoms in total. The molecule has 0 saturated heterocycles. The van der Waals surface area contributed by atoms with E-state index in [4.69, 9.17) is 11.6 Å². The third-order valence-corrected chi connectivity index (χ3v) is 3.80. The van der Waals surface area contributed by atoms with Crippen LogP contribution < -0.4 is 5.32 Å². The van der Waals surface area contributed by atoms with Gasteiger partial charge in [0.25, 0.3) is 0 Å². The molecule has 1 heterocycles. The third-order valence-electron chi connectivity index (χ3n) is 3.56. The molecule has 5 heteroatoms. The van der Waals surface area contributed by atoms with Crippen molar-refractivity contribution >= 4 is 40.6 Å². The van der Waals surface area contributed by atoms with E-state index in [1.165, 1.54) is 0 Å². The highest BCUT2D eigenvalue weighted by Gasteiger charge is 2.03. The highest BCUT2D eigenvalue weighted by Crippen LogP contribution is 2.24. The number of hydrogen-bond acceptors (Lipinski definition) is 3. The number of benzene rings is 1. The molecular weight excluding hydrogens is 305 g/mol. The van der Waals surface area contributed by atoms with E-state index in [-0.39, 0.29) is 12.4 Å². The topological polar surface area (TPSA) is 28.2 Å². The van der Waals surface area contributed by atoms with E-state index in [1.54, 1.807) is 0 Å². The second-order valence-corrected chi connectivity index (χ2v) is 5.26. The summed E-state index contributed by atoms with van der Waals surface area (Å²) < 4.78 is 0. The van der Waals surface area contributed by atoms with Gasteiger partial charge in [-0.3, -0.25) is 4.98 Å². The Kier molecular flexibility index (Phi) is 7.79. The Bertz CT molecular complexity index is 556. The Balaban J connectivity index is 0.00000220. The van der Waals surface area contributed by atoms with Crippen LogP contribution in [0.4, 0.5) is 5.69 Å². The minimum Gasteiger partial charge on any atom is -0.384 e. The van der Waals surface area contributed by atoms with Gasteiger partial charge in [0.1, 0.15) is 0 Å². The standard InChI is InChI=1S/C16H22ClN3.ClH/c1-3-20(4-2)11-5-9-18-16-8-10-19-15-7-6-13(17)12-14(15)16;/h6-8,10,12H,3-5,9,11H2,1-2H3,(H,18,19);1H. The van der Waals surface area contributed by atoms with Crippen molar-refractivity contribution in [1.82, 2.24) is 9.88 Å². The number of hydrogen-bond donors (Lipinski definition) is 1. The average molecular weight is 328 g/mol. The molecule has 0 fully saturated rings. The first-order chi connectivity index (χ1) is 9.74. The molecule has 0 unspecified atom stereocenters. The molecule has 0 atom stereocenters. The Hall–Kier alpha value is -1.03. The smallest absolute Gasteiger partial charge is 0.0723 e. The van der Waals surface area contributed by atoms with Crippen LogP contribution in [0.15, 0.2) is 30.5 Å². The molecule has 21 heavy (non-hydrogen) atoms. The first-order valence-electron chi connectivity index (χ1n) is 7.25. The average Bonchev–Trinajstić information content (AvgIpc) is 2.47. The molecule has 2 aromatic rings. The van der Waals surface area contributed by atoms with Crippen LogP contribution >= 0.6 is 24.0 Å². The van der Waals surface area contributed by atoms with E-state index < -0.39 is 0 Å². The molecule has 2 rings (SSSR count). The monoisotopic (exact) mass is 327 g/mol. The van der Waals surface area contributed by atoms with Crippen molar-refractivity contribution in [1.29, 1.82) is 0 Å². The highest BCUT2D eigenvalue weighted by atomic mass is 35.5. The zero-order chi connectivity index (χ0) is 14.4. The molecule has 0 aliphatic heterocycles. The number of pyridine rings is 1. The number of anilines is 1. The Labute approximate surface area is 138 Å². The lowest BCUT2D eigenvalue weighted by Crippen LogP contribution is -2.25. The summed E-state index contributed by atoms with van der Waals surface area (Å²) in [5.74, 6) is 0. The Morgan fingerprint density at radius 2 is 1.95 bits per heavy atom. The van der Waals surface area contributed by atoms with Crippen LogP contribution in [0.3, 0.4) is 0 Å². The normalized spacial score (nSPS) is 10.7. The van der Waals surface area contributed by atoms with Crippen molar-refractivity contribution in [3.05, 3.63) is 35.5 Å². The summed E-state index contributed by atoms with van der Waals surface area (Å²) in [7, 11) is 0. The summed E-state index contributed by atoms with van der Waals surface area (Å²) in [6.45, 7) is 8.73. The Morgan fingerprint density at radius 3 is 2.67 bits per heavy atom. The molecule has 0 amide bonds. The van der Waals surface area contributed by atoms with Crippen LogP contribution in [0, 0.1) is 0 Å². The number of nitrogens with one attached hydrogen (secondary N) is 1. The van der Waals surface area contributed by atoms with Gasteiger partial charge in [-0.15, -0.1) is 12.4 Å². The maximum Gasteiger partial charge on any atom is 0.0723 e. The number of rotatable bonds is 7. The van der Waals surface area contributed by atoms with Gasteiger partial charge in [-0.05, 0) is 50.3 Å². The van der Waals surface area contributed by atoms with Crippen molar-refractivity contribution < 1.29 is 0 Å². The summed E-state index contributed by atoms with van der Waals surface area (Å²) in [5.41, 5.74) is 2.08. The van der Waals surface area contributed by atoms with Crippen molar-refractivity contribution in [2.45, 2.75) is 20.3 Å². The third kappa shape index (κ3) is 5.03. The van der Waals surface area contributed by atoms with Crippen LogP contribution in [0.1, 0.15) is 20.3 Å². The summed E-state index contributed by atoms with van der Waals surface area (Å²) in [4.78, 5) is 6.79. The number of halogens is 2. The first kappa shape index (κ1) is 18.0. The van der Waals surface area contributed by atoms with Crippen LogP contribution in [-0.2, 0) is 0 Å². The van der Waals surface area contributed by atoms with E-state index in [0.717, 1.165) is 54.2 Å². The fraction of sp³-hybridized carbons (Fsp3) is 0.438. The van der Waals surface area contributed by atoms with Gasteiger partial charge in [-0.2, -0.15) is 0 Å². The first-order valence-corrected chi connectivity index (χ1v) is 7.63. The second kappa shape index (κ2) is 9.08. The minimum absolute atomic E-state index is 0. The zero-order valence-electron chi connectivity index (χ0n) is 12.6. The lowest BCUT2D eigenvalue weighted by Gasteiger charge is -2.18. The molecule has 1 aromatic carbocycles. The maximum absolute atomic E-state index is 6.07. The number of fused-ring (bicyclic) bond motifs is 1. The molecule has 116 valence electrons. The van der Waals surface area contributed by atoms with E-state index >= 15 is 0 Å². The fourth-order valence-corrected chi connectivity index (χ4v) is 2.51. The molecule has 0 bridgehead atoms. The summed E-state index contributed by atoms with van der Waals surface area (Å²) >= 11 is 6.07. The minimum atomic E-state index is 0. The summed E-state index contributed by atoms with van der Waals surface area (Å²) in [5, 5.41) is 5.33. The van der Waals surface area contributed by atoms with E-state index in [0.29, 0.717) is 0 Å². The van der Waals surface area contributed by atoms with E-state index in [9.17, 15) is 0 Å². The van der Waals surface area contributed by atoms with Gasteiger partial charge in [-0.25, -0.2) is 0 Å². The molecule has 0 saturated carbocycles. The van der Waals surface area contributed by atoms with Gasteiger partial charge in [-0.1, -0.05) is 25.4 Å². The van der Waals surface area contributed by atoms with Crippen LogP contribution in [-0.4, -0.2) is 36.1 Å². The van der Waals surface area contributed by atoms with E-state index in [2.05, 4.69) is 29.0 Å². The SMILES string of the molecule is CCN(CC)CCCNc1ccnc2ccc(Cl)cc12.Cl. The number of aromatic nitrogens is 1. The van der Waals surface area contributed by atoms with Gasteiger partial charge in [0, 0.05) is 28.8 Å². The van der Waals surface area contributed by atoms with Crippen LogP contribution in [0.5, 0.6) is 0 Å². The molecule has 0 aliphatic rings. The van der Waals surface area contributed by atoms with Crippen LogP contribution in [0.2, 0.25) is 5.02 Å². The van der Waals surface area contributed by atoms with E-state index in [1.807, 2.05) is 30.5 Å². The molecule has 1 N–H and O–H groups in total. The fourth-order valence-electron chi connectivity index (χ4n) is 2.34. The predicted octanol–water partition coefficient (Wildman–Crippen LogP) is 4.45. The van der Waals surface area contributed by atoms with Crippen LogP contribution in [0.25, 0.3) is 10.9 Å². The predicted molar refractivity (Wildman–Crippen MR) is 94.9 cm³/mol. The van der Waals surface area contributed by atoms with Crippen molar-refractivity contribution in [3.63, 3.8) is 0 Å². The lowest BCUT2D eigenvalue weighted by molar-refractivity contribution is 0.303. The zero-order valence-corrected chi connectivity index (χ0v) is 14.2. The summed E-state index contributed by atoms with van der Waals surface area (Å²) in [6.07, 6.45) is 2.97. The molecular formula is C16H23Cl2N3. The van der Waals surface area contributed by atoms with Gasteiger partial charge < -0.3 is 10.2 Å². The quantitative estimate of drug-likeness (QED) is 0.761. The largest absolute Gasteiger partial charge is 0.384 e. The molecule has 0 spiro atoms. The van der Waals surface area contributed by atoms with Gasteiger partial charge >= 0.3 is 0 Å². The second-order valence-electron chi connectivity index (χ2n) is 4.83. The maximum atomic E-state index is 6.07. The molecule has 0 aliphatic carbocycles. The van der Waals surface area contributed by atoms with Gasteiger partial charge in [0.15, 0.2) is 0 Å². The Morgan fingerprint density at radius 1 is 1.19 bits per heavy atom. The highest BCUT2D eigenvalue weighted by molar-refractivity contribution is 6.31. The molecule has 0 radical (unpaired) electrons. The number of nitrogens with zero attached hydrogens (tertiary/aromatic N) is 2.